The van der Waals surface area contributed by atoms with Gasteiger partial charge in [-0.25, -0.2) is 0 Å². The first-order chi connectivity index (χ1) is 6.07. The maximum atomic E-state index is 10.5. The standard InChI is InChI=1S/C7H7N3O3/c1-4-7(10(12)13)6(8)5(3-11)2-9-4/h2-3H,1H3,(H2,8,9). The smallest absolute Gasteiger partial charge is 0.313 e. The summed E-state index contributed by atoms with van der Waals surface area (Å²) in [6.07, 6.45) is 1.65. The molecule has 0 aromatic carbocycles. The van der Waals surface area contributed by atoms with Gasteiger partial charge in [0.25, 0.3) is 0 Å². The van der Waals surface area contributed by atoms with Gasteiger partial charge in [-0.2, -0.15) is 0 Å². The minimum absolute atomic E-state index is 0.0392. The van der Waals surface area contributed by atoms with E-state index in [1.165, 1.54) is 13.1 Å². The molecule has 0 amide bonds. The fraction of sp³-hybridized carbons (Fsp3) is 0.143. The molecule has 1 rings (SSSR count). The van der Waals surface area contributed by atoms with Gasteiger partial charge in [-0.1, -0.05) is 0 Å². The van der Waals surface area contributed by atoms with Crippen molar-refractivity contribution in [2.75, 3.05) is 5.73 Å². The van der Waals surface area contributed by atoms with E-state index in [9.17, 15) is 14.9 Å². The maximum Gasteiger partial charge on any atom is 0.313 e. The van der Waals surface area contributed by atoms with Crippen molar-refractivity contribution in [3.05, 3.63) is 27.6 Å². The van der Waals surface area contributed by atoms with Gasteiger partial charge in [0.1, 0.15) is 11.4 Å². The number of rotatable bonds is 2. The summed E-state index contributed by atoms with van der Waals surface area (Å²) >= 11 is 0. The van der Waals surface area contributed by atoms with Crippen LogP contribution in [-0.4, -0.2) is 16.2 Å². The molecular weight excluding hydrogens is 174 g/mol. The summed E-state index contributed by atoms with van der Waals surface area (Å²) in [5, 5.41) is 10.5. The number of carbonyl (C=O) groups excluding carboxylic acids is 1. The maximum absolute atomic E-state index is 10.5. The summed E-state index contributed by atoms with van der Waals surface area (Å²) in [7, 11) is 0. The molecule has 2 N–H and O–H groups in total. The van der Waals surface area contributed by atoms with Gasteiger partial charge in [0.05, 0.1) is 10.5 Å². The zero-order chi connectivity index (χ0) is 10.0. The second-order valence-corrected chi connectivity index (χ2v) is 2.44. The van der Waals surface area contributed by atoms with E-state index in [0.717, 1.165) is 0 Å². The Labute approximate surface area is 73.5 Å². The average molecular weight is 181 g/mol. The van der Waals surface area contributed by atoms with Gasteiger partial charge in [0.2, 0.25) is 0 Å². The molecule has 0 aliphatic carbocycles. The molecule has 0 saturated heterocycles. The number of anilines is 1. The quantitative estimate of drug-likeness (QED) is 0.411. The van der Waals surface area contributed by atoms with E-state index in [-0.39, 0.29) is 22.6 Å². The van der Waals surface area contributed by atoms with Crippen molar-refractivity contribution >= 4 is 17.7 Å². The van der Waals surface area contributed by atoms with Crippen molar-refractivity contribution in [2.45, 2.75) is 6.92 Å². The van der Waals surface area contributed by atoms with Crippen LogP contribution in [0.25, 0.3) is 0 Å². The van der Waals surface area contributed by atoms with Crippen LogP contribution in [0.5, 0.6) is 0 Å². The highest BCUT2D eigenvalue weighted by atomic mass is 16.6. The van der Waals surface area contributed by atoms with Crippen LogP contribution in [0.3, 0.4) is 0 Å². The SMILES string of the molecule is Cc1ncc(C=O)c(N)c1[N+](=O)[O-]. The zero-order valence-electron chi connectivity index (χ0n) is 6.85. The Bertz CT molecular complexity index is 375. The summed E-state index contributed by atoms with van der Waals surface area (Å²) < 4.78 is 0. The lowest BCUT2D eigenvalue weighted by atomic mass is 10.2. The van der Waals surface area contributed by atoms with Crippen LogP contribution in [0.1, 0.15) is 16.1 Å². The second-order valence-electron chi connectivity index (χ2n) is 2.44. The Hall–Kier alpha value is -1.98. The van der Waals surface area contributed by atoms with Gasteiger partial charge in [-0.15, -0.1) is 0 Å². The number of aldehydes is 1. The van der Waals surface area contributed by atoms with Gasteiger partial charge in [-0.05, 0) is 6.92 Å². The summed E-state index contributed by atoms with van der Waals surface area (Å²) in [6, 6.07) is 0. The molecule has 0 atom stereocenters. The Morgan fingerprint density at radius 2 is 2.31 bits per heavy atom. The van der Waals surface area contributed by atoms with Crippen LogP contribution in [0, 0.1) is 17.0 Å². The largest absolute Gasteiger partial charge is 0.392 e. The summed E-state index contributed by atoms with van der Waals surface area (Å²) in [6.45, 7) is 1.46. The highest BCUT2D eigenvalue weighted by molar-refractivity contribution is 5.86. The monoisotopic (exact) mass is 181 g/mol. The molecular formula is C7H7N3O3. The van der Waals surface area contributed by atoms with Gasteiger partial charge >= 0.3 is 5.69 Å². The fourth-order valence-corrected chi connectivity index (χ4v) is 0.953. The van der Waals surface area contributed by atoms with Crippen LogP contribution in [0.15, 0.2) is 6.20 Å². The molecule has 6 heteroatoms. The first-order valence-corrected chi connectivity index (χ1v) is 3.42. The molecule has 6 nitrogen and oxygen atoms in total. The summed E-state index contributed by atoms with van der Waals surface area (Å²) in [4.78, 5) is 23.9. The third-order valence-corrected chi connectivity index (χ3v) is 1.62. The number of carbonyl (C=O) groups is 1. The van der Waals surface area contributed by atoms with E-state index < -0.39 is 4.92 Å². The molecule has 0 spiro atoms. The van der Waals surface area contributed by atoms with Crippen molar-refractivity contribution in [1.29, 1.82) is 0 Å². The number of hydrogen-bond acceptors (Lipinski definition) is 5. The Kier molecular flexibility index (Phi) is 2.23. The van der Waals surface area contributed by atoms with Crippen LogP contribution >= 0.6 is 0 Å². The van der Waals surface area contributed by atoms with Crippen molar-refractivity contribution in [1.82, 2.24) is 4.98 Å². The molecule has 0 bridgehead atoms. The highest BCUT2D eigenvalue weighted by Crippen LogP contribution is 2.25. The molecule has 0 aliphatic rings. The Morgan fingerprint density at radius 1 is 1.69 bits per heavy atom. The minimum Gasteiger partial charge on any atom is -0.392 e. The summed E-state index contributed by atoms with van der Waals surface area (Å²) in [5.41, 5.74) is 5.19. The Morgan fingerprint density at radius 3 is 2.77 bits per heavy atom. The molecule has 0 fully saturated rings. The second kappa shape index (κ2) is 3.18. The minimum atomic E-state index is -0.648. The van der Waals surface area contributed by atoms with Crippen molar-refractivity contribution in [3.8, 4) is 0 Å². The lowest BCUT2D eigenvalue weighted by Crippen LogP contribution is -2.03. The highest BCUT2D eigenvalue weighted by Gasteiger charge is 2.19. The molecule has 68 valence electrons. The van der Waals surface area contributed by atoms with Crippen LogP contribution in [0.2, 0.25) is 0 Å². The van der Waals surface area contributed by atoms with Crippen LogP contribution < -0.4 is 5.73 Å². The van der Waals surface area contributed by atoms with E-state index >= 15 is 0 Å². The molecule has 0 saturated carbocycles. The van der Waals surface area contributed by atoms with Gasteiger partial charge in [-0.3, -0.25) is 19.9 Å². The van der Waals surface area contributed by atoms with Crippen molar-refractivity contribution in [3.63, 3.8) is 0 Å². The molecule has 0 radical (unpaired) electrons. The fourth-order valence-electron chi connectivity index (χ4n) is 0.953. The predicted octanol–water partition coefficient (Wildman–Crippen LogP) is 0.693. The number of aryl methyl sites for hydroxylation is 1. The van der Waals surface area contributed by atoms with Gasteiger partial charge in [0, 0.05) is 6.20 Å². The molecule has 0 unspecified atom stereocenters. The topological polar surface area (TPSA) is 99.1 Å². The zero-order valence-corrected chi connectivity index (χ0v) is 6.85. The van der Waals surface area contributed by atoms with Crippen LogP contribution in [-0.2, 0) is 0 Å². The molecule has 13 heavy (non-hydrogen) atoms. The predicted molar refractivity (Wildman–Crippen MR) is 45.4 cm³/mol. The number of nitro groups is 1. The number of nitrogens with two attached hydrogens (primary N) is 1. The van der Waals surface area contributed by atoms with E-state index in [2.05, 4.69) is 4.98 Å². The van der Waals surface area contributed by atoms with Gasteiger partial charge in [0.15, 0.2) is 6.29 Å². The van der Waals surface area contributed by atoms with E-state index in [1.54, 1.807) is 0 Å². The number of aromatic nitrogens is 1. The van der Waals surface area contributed by atoms with E-state index in [1.807, 2.05) is 0 Å². The average Bonchev–Trinajstić information content (AvgIpc) is 2.04. The molecule has 1 heterocycles. The Balaban J connectivity index is 3.47. The number of hydrogen-bond donors (Lipinski definition) is 1. The number of nitrogens with zero attached hydrogens (tertiary/aromatic N) is 2. The third-order valence-electron chi connectivity index (χ3n) is 1.62. The molecule has 1 aromatic rings. The lowest BCUT2D eigenvalue weighted by Gasteiger charge is -2.01. The van der Waals surface area contributed by atoms with E-state index in [4.69, 9.17) is 5.73 Å². The van der Waals surface area contributed by atoms with Crippen LogP contribution in [0.4, 0.5) is 11.4 Å². The lowest BCUT2D eigenvalue weighted by molar-refractivity contribution is -0.384. The third kappa shape index (κ3) is 1.46. The van der Waals surface area contributed by atoms with Crippen molar-refractivity contribution in [2.24, 2.45) is 0 Å². The van der Waals surface area contributed by atoms with Crippen molar-refractivity contribution < 1.29 is 9.72 Å². The molecule has 0 aliphatic heterocycles. The molecule has 1 aromatic heterocycles. The van der Waals surface area contributed by atoms with E-state index in [0.29, 0.717) is 6.29 Å². The first kappa shape index (κ1) is 9.11. The first-order valence-electron chi connectivity index (χ1n) is 3.42. The van der Waals surface area contributed by atoms with Gasteiger partial charge < -0.3 is 5.73 Å². The number of nitrogen functional groups attached to an aromatic ring is 1. The summed E-state index contributed by atoms with van der Waals surface area (Å²) in [5.74, 6) is 0. The normalized spacial score (nSPS) is 9.62. The number of pyridine rings is 1.